The average Bonchev–Trinajstić information content (AvgIpc) is 3.30. The molecule has 0 fully saturated rings. The van der Waals surface area contributed by atoms with Crippen molar-refractivity contribution in [1.82, 2.24) is 24.4 Å². The number of amides is 1. The molecule has 2 aromatic heterocycles. The molecule has 9 heteroatoms. The van der Waals surface area contributed by atoms with Crippen molar-refractivity contribution >= 4 is 22.9 Å². The van der Waals surface area contributed by atoms with E-state index in [1.807, 2.05) is 11.6 Å². The van der Waals surface area contributed by atoms with Crippen molar-refractivity contribution in [3.05, 3.63) is 12.7 Å². The lowest BCUT2D eigenvalue weighted by molar-refractivity contribution is -0.130. The Labute approximate surface area is 151 Å². The van der Waals surface area contributed by atoms with Crippen LogP contribution in [0.4, 0.5) is 5.82 Å². The molecule has 1 aliphatic rings. The lowest BCUT2D eigenvalue weighted by Crippen LogP contribution is -2.29. The number of nitrogens with zero attached hydrogens (tertiary/aromatic N) is 7. The number of terminal acetylenes is 1. The molecule has 0 spiro atoms. The maximum Gasteiger partial charge on any atom is 0.222 e. The van der Waals surface area contributed by atoms with Gasteiger partial charge >= 0.3 is 0 Å². The molecule has 1 amide bonds. The van der Waals surface area contributed by atoms with Crippen molar-refractivity contribution in [3.8, 4) is 12.3 Å². The maximum absolute atomic E-state index is 12.3. The van der Waals surface area contributed by atoms with Gasteiger partial charge in [-0.05, 0) is 6.42 Å². The molecule has 2 N–H and O–H groups in total. The molecule has 136 valence electrons. The second-order valence-electron chi connectivity index (χ2n) is 6.42. The Hall–Kier alpha value is -3.02. The Morgan fingerprint density at radius 3 is 2.88 bits per heavy atom. The lowest BCUT2D eigenvalue weighted by Gasteiger charge is -2.18. The van der Waals surface area contributed by atoms with Gasteiger partial charge in [-0.25, -0.2) is 15.0 Å². The van der Waals surface area contributed by atoms with E-state index in [0.717, 1.165) is 12.8 Å². The number of hydrogen-bond acceptors (Lipinski definition) is 7. The number of aromatic nitrogens is 4. The summed E-state index contributed by atoms with van der Waals surface area (Å²) in [5, 5.41) is 8.12. The Kier molecular flexibility index (Phi) is 5.11. The van der Waals surface area contributed by atoms with E-state index in [-0.39, 0.29) is 5.91 Å². The SMILES string of the molecule is C#CCCC1(CCC(=O)N(C)CCCn2cnc3c(N)ncnc32)N=N1. The standard InChI is InChI=1S/C17H22N8O/c1-3-4-7-17(22-23-17)8-6-13(26)24(2)9-5-10-25-12-21-14-15(18)19-11-20-16(14)25/h1,11-12H,4-10H2,2H3,(H2,18,19,20). The van der Waals surface area contributed by atoms with Gasteiger partial charge in [0.2, 0.25) is 5.91 Å². The fraction of sp³-hybridized carbons (Fsp3) is 0.529. The zero-order valence-electron chi connectivity index (χ0n) is 14.8. The number of anilines is 1. The highest BCUT2D eigenvalue weighted by Gasteiger charge is 2.39. The minimum atomic E-state index is -0.405. The molecule has 3 heterocycles. The van der Waals surface area contributed by atoms with Crippen molar-refractivity contribution in [2.24, 2.45) is 10.2 Å². The van der Waals surface area contributed by atoms with Crippen LogP contribution in [0.3, 0.4) is 0 Å². The topological polar surface area (TPSA) is 115 Å². The Bertz CT molecular complexity index is 859. The molecule has 0 aromatic carbocycles. The molecule has 0 radical (unpaired) electrons. The van der Waals surface area contributed by atoms with Crippen LogP contribution < -0.4 is 5.73 Å². The van der Waals surface area contributed by atoms with Crippen molar-refractivity contribution < 1.29 is 4.79 Å². The van der Waals surface area contributed by atoms with E-state index in [9.17, 15) is 4.79 Å². The predicted molar refractivity (Wildman–Crippen MR) is 96.9 cm³/mol. The molecular formula is C17H22N8O. The molecule has 0 aliphatic carbocycles. The lowest BCUT2D eigenvalue weighted by atomic mass is 10.0. The van der Waals surface area contributed by atoms with Crippen LogP contribution in [-0.2, 0) is 11.3 Å². The summed E-state index contributed by atoms with van der Waals surface area (Å²) >= 11 is 0. The molecule has 0 saturated heterocycles. The number of nitrogens with two attached hydrogens (primary N) is 1. The van der Waals surface area contributed by atoms with Gasteiger partial charge in [0.05, 0.1) is 6.33 Å². The number of hydrogen-bond donors (Lipinski definition) is 1. The summed E-state index contributed by atoms with van der Waals surface area (Å²) in [5.41, 5.74) is 6.69. The van der Waals surface area contributed by atoms with Gasteiger partial charge in [0, 0.05) is 45.8 Å². The van der Waals surface area contributed by atoms with Gasteiger partial charge in [-0.15, -0.1) is 12.3 Å². The Morgan fingerprint density at radius 1 is 1.35 bits per heavy atom. The molecule has 0 saturated carbocycles. The van der Waals surface area contributed by atoms with Crippen molar-refractivity contribution in [1.29, 1.82) is 0 Å². The van der Waals surface area contributed by atoms with Crippen LogP contribution in [0.2, 0.25) is 0 Å². The number of nitrogen functional groups attached to an aromatic ring is 1. The van der Waals surface area contributed by atoms with Crippen LogP contribution in [-0.4, -0.2) is 49.6 Å². The third-order valence-corrected chi connectivity index (χ3v) is 4.54. The minimum absolute atomic E-state index is 0.0874. The maximum atomic E-state index is 12.3. The first-order valence-corrected chi connectivity index (χ1v) is 8.57. The fourth-order valence-electron chi connectivity index (χ4n) is 2.83. The smallest absolute Gasteiger partial charge is 0.222 e. The van der Waals surface area contributed by atoms with Gasteiger partial charge in [0.1, 0.15) is 11.8 Å². The van der Waals surface area contributed by atoms with E-state index < -0.39 is 5.66 Å². The van der Waals surface area contributed by atoms with Gasteiger partial charge < -0.3 is 15.2 Å². The van der Waals surface area contributed by atoms with E-state index >= 15 is 0 Å². The number of aryl methyl sites for hydroxylation is 1. The summed E-state index contributed by atoms with van der Waals surface area (Å²) in [7, 11) is 1.81. The second-order valence-corrected chi connectivity index (χ2v) is 6.42. The highest BCUT2D eigenvalue weighted by molar-refractivity contribution is 5.81. The van der Waals surface area contributed by atoms with Crippen LogP contribution in [0.25, 0.3) is 11.2 Å². The Morgan fingerprint density at radius 2 is 2.15 bits per heavy atom. The molecule has 3 rings (SSSR count). The molecule has 9 nitrogen and oxygen atoms in total. The van der Waals surface area contributed by atoms with E-state index in [0.29, 0.717) is 49.3 Å². The molecule has 26 heavy (non-hydrogen) atoms. The number of rotatable bonds is 9. The number of fused-ring (bicyclic) bond motifs is 1. The zero-order valence-corrected chi connectivity index (χ0v) is 14.8. The van der Waals surface area contributed by atoms with Gasteiger partial charge in [0.25, 0.3) is 0 Å². The van der Waals surface area contributed by atoms with Gasteiger partial charge in [-0.1, -0.05) is 0 Å². The third kappa shape index (κ3) is 3.96. The number of imidazole rings is 1. The highest BCUT2D eigenvalue weighted by Crippen LogP contribution is 2.37. The van der Waals surface area contributed by atoms with Crippen LogP contribution in [0.5, 0.6) is 0 Å². The third-order valence-electron chi connectivity index (χ3n) is 4.54. The average molecular weight is 354 g/mol. The van der Waals surface area contributed by atoms with Gasteiger partial charge in [0.15, 0.2) is 17.1 Å². The number of carbonyl (C=O) groups is 1. The summed E-state index contributed by atoms with van der Waals surface area (Å²) in [6.07, 6.45) is 11.6. The summed E-state index contributed by atoms with van der Waals surface area (Å²) in [4.78, 5) is 26.4. The van der Waals surface area contributed by atoms with E-state index in [2.05, 4.69) is 31.1 Å². The summed E-state index contributed by atoms with van der Waals surface area (Å²) in [5.74, 6) is 3.05. The first-order valence-electron chi connectivity index (χ1n) is 8.57. The van der Waals surface area contributed by atoms with Crippen LogP contribution >= 0.6 is 0 Å². The fourth-order valence-corrected chi connectivity index (χ4v) is 2.83. The number of carbonyl (C=O) groups excluding carboxylic acids is 1. The quantitative estimate of drug-likeness (QED) is 0.687. The molecule has 0 unspecified atom stereocenters. The molecular weight excluding hydrogens is 332 g/mol. The minimum Gasteiger partial charge on any atom is -0.382 e. The van der Waals surface area contributed by atoms with E-state index in [1.165, 1.54) is 6.33 Å². The Balaban J connectivity index is 1.43. The summed E-state index contributed by atoms with van der Waals surface area (Å²) in [6.45, 7) is 1.34. The molecule has 1 aliphatic heterocycles. The van der Waals surface area contributed by atoms with Gasteiger partial charge in [-0.2, -0.15) is 10.2 Å². The van der Waals surface area contributed by atoms with Crippen LogP contribution in [0.15, 0.2) is 22.9 Å². The summed E-state index contributed by atoms with van der Waals surface area (Å²) < 4.78 is 1.92. The zero-order chi connectivity index (χ0) is 18.6. The normalized spacial score (nSPS) is 14.3. The van der Waals surface area contributed by atoms with Crippen molar-refractivity contribution in [2.45, 2.75) is 44.3 Å². The van der Waals surface area contributed by atoms with Gasteiger partial charge in [-0.3, -0.25) is 4.79 Å². The van der Waals surface area contributed by atoms with Crippen molar-refractivity contribution in [3.63, 3.8) is 0 Å². The predicted octanol–water partition coefficient (Wildman–Crippen LogP) is 1.61. The van der Waals surface area contributed by atoms with E-state index in [1.54, 1.807) is 11.2 Å². The largest absolute Gasteiger partial charge is 0.382 e. The monoisotopic (exact) mass is 354 g/mol. The van der Waals surface area contributed by atoms with Crippen LogP contribution in [0.1, 0.15) is 32.1 Å². The molecule has 0 bridgehead atoms. The first-order chi connectivity index (χ1) is 12.5. The molecule has 0 atom stereocenters. The summed E-state index contributed by atoms with van der Waals surface area (Å²) in [6, 6.07) is 0. The first kappa shape index (κ1) is 17.8. The van der Waals surface area contributed by atoms with E-state index in [4.69, 9.17) is 12.2 Å². The second kappa shape index (κ2) is 7.47. The highest BCUT2D eigenvalue weighted by atomic mass is 16.2. The van der Waals surface area contributed by atoms with Crippen molar-refractivity contribution in [2.75, 3.05) is 19.3 Å². The van der Waals surface area contributed by atoms with Crippen LogP contribution in [0, 0.1) is 12.3 Å². The molecule has 2 aromatic rings.